The van der Waals surface area contributed by atoms with Gasteiger partial charge < -0.3 is 59.1 Å². The summed E-state index contributed by atoms with van der Waals surface area (Å²) < 4.78 is 72.3. The number of benzene rings is 11. The molecule has 11 aromatic rings. The van der Waals surface area contributed by atoms with Gasteiger partial charge in [0, 0.05) is 123 Å². The maximum Gasteiger partial charge on any atom is 0.534 e. The first-order valence-electron chi connectivity index (χ1n) is 49.5. The fourth-order valence-corrected chi connectivity index (χ4v) is 8.89. The van der Waals surface area contributed by atoms with Gasteiger partial charge in [0.05, 0.1) is 11.8 Å². The summed E-state index contributed by atoms with van der Waals surface area (Å²) in [4.78, 5) is 70.2. The van der Waals surface area contributed by atoms with E-state index < -0.39 is 34.7 Å². The Labute approximate surface area is 966 Å². The third-order valence-electron chi connectivity index (χ3n) is 17.7. The molecular formula is C121H185Ar2BBrF3O20S. The third-order valence-corrected chi connectivity index (χ3v) is 19.2. The Bertz CT molecular complexity index is 4420. The quantitative estimate of drug-likeness (QED) is 0.0143. The third kappa shape index (κ3) is 111. The monoisotopic (exact) mass is 2220 g/mol. The van der Waals surface area contributed by atoms with Crippen molar-refractivity contribution >= 4 is 80.0 Å². The minimum Gasteiger partial charge on any atom is -0.508 e. The van der Waals surface area contributed by atoms with E-state index in [0.717, 1.165) is 78.7 Å². The minimum atomic E-state index is -5.55. The Hall–Kier alpha value is -9.65. The van der Waals surface area contributed by atoms with Gasteiger partial charge in [-0.25, -0.2) is 0 Å². The number of aliphatic hydroxyl groups excluding tert-OH is 2. The molecule has 6 atom stereocenters. The van der Waals surface area contributed by atoms with Crippen LogP contribution >= 0.6 is 15.9 Å². The number of aromatic hydroxyl groups is 2. The summed E-state index contributed by atoms with van der Waals surface area (Å²) in [5.41, 5.74) is 0.230. The van der Waals surface area contributed by atoms with Crippen molar-refractivity contribution < 1.29 is 185 Å². The second-order valence-electron chi connectivity index (χ2n) is 28.5. The van der Waals surface area contributed by atoms with E-state index in [-0.39, 0.29) is 151 Å². The van der Waals surface area contributed by atoms with Gasteiger partial charge in [-0.15, -0.1) is 0 Å². The molecule has 0 aliphatic heterocycles. The smallest absolute Gasteiger partial charge is 0.508 e. The second kappa shape index (κ2) is 124. The molecule has 0 saturated heterocycles. The number of carboxylic acids is 2. The molecule has 0 aliphatic rings. The first-order chi connectivity index (χ1) is 69.0. The van der Waals surface area contributed by atoms with Crippen LogP contribution < -0.4 is 19.1 Å². The van der Waals surface area contributed by atoms with Gasteiger partial charge in [-0.1, -0.05) is 434 Å². The number of carbonyl (C=O) groups excluding carboxylic acids is 5. The van der Waals surface area contributed by atoms with E-state index in [9.17, 15) is 55.5 Å². The van der Waals surface area contributed by atoms with E-state index in [2.05, 4.69) is 117 Å². The van der Waals surface area contributed by atoms with E-state index in [1.165, 1.54) is 47.4 Å². The minimum absolute atomic E-state index is 0. The average Bonchev–Trinajstić information content (AvgIpc) is 0.825. The number of phenolic OH excluding ortho intramolecular Hbond substituents is 2. The van der Waals surface area contributed by atoms with Gasteiger partial charge in [0.2, 0.25) is 0 Å². The molecule has 149 heavy (non-hydrogen) atoms. The van der Waals surface area contributed by atoms with Crippen LogP contribution in [-0.2, 0) is 43.7 Å². The molecule has 8 N–H and O–H groups in total. The van der Waals surface area contributed by atoms with Crippen LogP contribution in [0.15, 0.2) is 326 Å². The number of phenols is 2. The number of carbonyl (C=O) groups is 7. The Morgan fingerprint density at radius 3 is 0.685 bits per heavy atom. The standard InChI is InChI=1S/C12H9BrO.C12H10O2.2C12H10.C7H5F3O3S.C6H7BO2.C6H6O.4C6H12O.2C5H10O2.2C2H6O.C2H4O.6C2H6.2CH4.2Ar/c2*13-10-5-4-8-12(9-10)14-11-6-2-1-3-7-11;2*1-3-7-11(8-4-1)12-9-5-2-6-10-12;8-7(9,10)14(11,12)13-6-4-2-1-3-5-6;8-7(9)6-4-2-1-3-5-6;7-6-4-2-1-3-5-6;4*1-4-5(2)6(3)7;2*1-3-4(2)5(6)7;3*1-2-3;6*1-2;;;;/h1-9H;1-9,13H;2*1-10H;1-5H;1-5,8-9H;1-5,7H;4*5H,4H2,1-3H3;2*4H,3H2,1-2H3,(H,6,7);2*3H,2H2,1H3;2H,1H3;6*1-2H3;2*1H4;;. The number of ketones is 4. The van der Waals surface area contributed by atoms with Crippen LogP contribution in [0, 0.1) is 111 Å². The molecule has 0 saturated carbocycles. The van der Waals surface area contributed by atoms with Crippen molar-refractivity contribution in [3.05, 3.63) is 326 Å². The van der Waals surface area contributed by atoms with Crippen LogP contribution in [0.5, 0.6) is 40.2 Å². The fraction of sp³-hybridized carbons (Fsp3) is 0.397. The number of rotatable bonds is 21. The number of hydrogen-bond acceptors (Lipinski definition) is 18. The van der Waals surface area contributed by atoms with Gasteiger partial charge in [0.25, 0.3) is 0 Å². The Morgan fingerprint density at radius 1 is 0.336 bits per heavy atom. The second-order valence-corrected chi connectivity index (χ2v) is 31.0. The fourth-order valence-electron chi connectivity index (χ4n) is 8.05. The number of ether oxygens (including phenoxy) is 2. The van der Waals surface area contributed by atoms with Gasteiger partial charge in [0.1, 0.15) is 69.7 Å². The molecule has 0 bridgehead atoms. The zero-order valence-corrected chi connectivity index (χ0v) is 96.8. The molecule has 842 valence electrons. The first kappa shape index (κ1) is 172. The number of aldehydes is 1. The van der Waals surface area contributed by atoms with Crippen LogP contribution in [0.1, 0.15) is 268 Å². The van der Waals surface area contributed by atoms with E-state index >= 15 is 0 Å². The van der Waals surface area contributed by atoms with Crippen LogP contribution in [-0.4, -0.2) is 116 Å². The summed E-state index contributed by atoms with van der Waals surface area (Å²) >= 11 is 3.40. The number of aliphatic hydroxyl groups is 2. The van der Waals surface area contributed by atoms with Gasteiger partial charge in [-0.05, 0) is 194 Å². The summed E-state index contributed by atoms with van der Waals surface area (Å²) in [6.07, 6.45) is 6.06. The molecule has 0 aromatic heterocycles. The number of para-hydroxylation sites is 4. The number of hydrogen-bond donors (Lipinski definition) is 8. The van der Waals surface area contributed by atoms with E-state index in [1.54, 1.807) is 128 Å². The molecule has 0 aliphatic carbocycles. The largest absolute Gasteiger partial charge is 0.534 e. The van der Waals surface area contributed by atoms with Crippen molar-refractivity contribution in [2.75, 3.05) is 13.2 Å². The summed E-state index contributed by atoms with van der Waals surface area (Å²) in [5.74, 6) is 3.70. The normalized spacial score (nSPS) is 9.90. The maximum absolute atomic E-state index is 11.8. The number of carboxylic acid groups (broad SMARTS) is 2. The van der Waals surface area contributed by atoms with Crippen molar-refractivity contribution in [1.82, 2.24) is 0 Å². The predicted octanol–water partition coefficient (Wildman–Crippen LogP) is 33.2. The SMILES string of the molecule is Brc1cccc(Oc2ccccc2)c1.C.C.CC.CC.CC.CC.CC.CC.CC=O.CCC(C)C(=O)O.CCC(C)C(=O)O.CCC(C)C(C)=O.CCC(C)C(C)=O.CCC(C)C(C)=O.CCC(C)C(C)=O.CCO.CCO.O=S(=O)(Oc1ccccc1)C(F)(F)F.OB(O)c1ccccc1.Oc1cccc(Oc2ccccc2)c1.Oc1ccccc1.[Ar].[Ar].c1ccc(-c2ccccc2)cc1.c1ccc(-c2ccccc2)cc1. The van der Waals surface area contributed by atoms with Gasteiger partial charge in [-0.2, -0.15) is 21.6 Å². The number of aliphatic carboxylic acids is 2. The average molecular weight is 2220 g/mol. The summed E-state index contributed by atoms with van der Waals surface area (Å²) in [6, 6.07) is 99.1. The van der Waals surface area contributed by atoms with Gasteiger partial charge in [-0.3, -0.25) is 28.8 Å². The number of alkyl halides is 3. The molecule has 11 rings (SSSR count). The first-order valence-corrected chi connectivity index (χ1v) is 51.7. The van der Waals surface area contributed by atoms with Crippen molar-refractivity contribution in [2.45, 2.75) is 274 Å². The van der Waals surface area contributed by atoms with Crippen molar-refractivity contribution in [3.63, 3.8) is 0 Å². The topological polar surface area (TPSA) is 343 Å². The van der Waals surface area contributed by atoms with E-state index in [1.807, 2.05) is 274 Å². The molecule has 28 heteroatoms. The molecule has 11 aromatic carbocycles. The summed E-state index contributed by atoms with van der Waals surface area (Å²) in [5, 5.41) is 66.5. The molecular weight excluding hydrogens is 2030 g/mol. The molecule has 0 fully saturated rings. The van der Waals surface area contributed by atoms with Crippen LogP contribution in [0.3, 0.4) is 0 Å². The summed E-state index contributed by atoms with van der Waals surface area (Å²) in [7, 11) is -6.89. The molecule has 20 nitrogen and oxygen atoms in total. The predicted molar refractivity (Wildman–Crippen MR) is 619 cm³/mol. The van der Waals surface area contributed by atoms with E-state index in [0.29, 0.717) is 40.1 Å². The molecule has 0 radical (unpaired) electrons. The zero-order valence-electron chi connectivity index (χ0n) is 93.0. The van der Waals surface area contributed by atoms with Gasteiger partial charge >= 0.3 is 34.7 Å². The van der Waals surface area contributed by atoms with Crippen molar-refractivity contribution in [3.8, 4) is 62.5 Å². The molecule has 0 heterocycles. The number of halogens is 4. The van der Waals surface area contributed by atoms with Crippen LogP contribution in [0.4, 0.5) is 13.2 Å². The Kier molecular flexibility index (Phi) is 143. The Morgan fingerprint density at radius 2 is 0.523 bits per heavy atom. The maximum atomic E-state index is 11.8. The van der Waals surface area contributed by atoms with Crippen molar-refractivity contribution in [2.24, 2.45) is 35.5 Å². The van der Waals surface area contributed by atoms with Crippen LogP contribution in [0.25, 0.3) is 22.3 Å². The molecule has 6 unspecified atom stereocenters. The molecule has 0 spiro atoms. The van der Waals surface area contributed by atoms with Crippen molar-refractivity contribution in [1.29, 1.82) is 0 Å². The van der Waals surface area contributed by atoms with E-state index in [4.69, 9.17) is 49.8 Å². The zero-order chi connectivity index (χ0) is 114. The molecule has 0 amide bonds. The van der Waals surface area contributed by atoms with Gasteiger partial charge in [0.15, 0.2) is 0 Å². The van der Waals surface area contributed by atoms with Crippen LogP contribution in [0.2, 0.25) is 0 Å². The number of Topliss-reactive ketones (excluding diaryl/α,β-unsaturated/α-hetero) is 4. The Balaban J connectivity index is -0.0000000994. The summed E-state index contributed by atoms with van der Waals surface area (Å²) in [6.45, 7) is 58.8.